The monoisotopic (exact) mass is 285 g/mol. The molecule has 0 bridgehead atoms. The maximum absolute atomic E-state index is 14.0. The molecule has 5 heteroatoms. The van der Waals surface area contributed by atoms with Gasteiger partial charge in [0.25, 0.3) is 0 Å². The van der Waals surface area contributed by atoms with Crippen molar-refractivity contribution in [2.45, 2.75) is 6.04 Å². The minimum absolute atomic E-state index is 0.307. The Kier molecular flexibility index (Phi) is 4.22. The van der Waals surface area contributed by atoms with E-state index in [1.54, 1.807) is 25.2 Å². The third-order valence-electron chi connectivity index (χ3n) is 2.72. The zero-order valence-corrected chi connectivity index (χ0v) is 11.6. The third kappa shape index (κ3) is 2.36. The fraction of sp³-hybridized carbons (Fsp3) is 0.231. The lowest BCUT2D eigenvalue weighted by atomic mass is 10.0. The van der Waals surface area contributed by atoms with Crippen LogP contribution in [0.15, 0.2) is 29.6 Å². The second-order valence-electron chi connectivity index (χ2n) is 3.71. The number of hydrogen-bond acceptors (Lipinski definition) is 3. The fourth-order valence-electron chi connectivity index (χ4n) is 1.89. The van der Waals surface area contributed by atoms with Crippen LogP contribution in [0, 0.1) is 5.82 Å². The van der Waals surface area contributed by atoms with E-state index in [1.165, 1.54) is 24.5 Å². The summed E-state index contributed by atoms with van der Waals surface area (Å²) in [5.74, 6) is 0.206. The number of ether oxygens (including phenoxy) is 1. The van der Waals surface area contributed by atoms with Gasteiger partial charge in [0.1, 0.15) is 11.6 Å². The van der Waals surface area contributed by atoms with Gasteiger partial charge in [-0.15, -0.1) is 11.3 Å². The molecule has 96 valence electrons. The quantitative estimate of drug-likeness (QED) is 0.921. The van der Waals surface area contributed by atoms with Crippen molar-refractivity contribution in [1.82, 2.24) is 5.32 Å². The second kappa shape index (κ2) is 5.69. The minimum atomic E-state index is -0.311. The maximum Gasteiger partial charge on any atom is 0.132 e. The van der Waals surface area contributed by atoms with Crippen LogP contribution < -0.4 is 10.1 Å². The molecule has 1 aromatic carbocycles. The van der Waals surface area contributed by atoms with Crippen LogP contribution in [0.5, 0.6) is 5.75 Å². The summed E-state index contributed by atoms with van der Waals surface area (Å²) in [6.45, 7) is 0. The van der Waals surface area contributed by atoms with Crippen LogP contribution in [0.3, 0.4) is 0 Å². The molecule has 1 N–H and O–H groups in total. The molecule has 18 heavy (non-hydrogen) atoms. The molecule has 1 aromatic heterocycles. The Morgan fingerprint density at radius 1 is 1.39 bits per heavy atom. The van der Waals surface area contributed by atoms with Crippen LogP contribution in [-0.2, 0) is 0 Å². The molecule has 0 amide bonds. The molecule has 0 fully saturated rings. The van der Waals surface area contributed by atoms with Gasteiger partial charge in [0, 0.05) is 4.88 Å². The molecule has 1 heterocycles. The van der Waals surface area contributed by atoms with Crippen LogP contribution >= 0.6 is 22.9 Å². The van der Waals surface area contributed by atoms with Crippen molar-refractivity contribution >= 4 is 22.9 Å². The van der Waals surface area contributed by atoms with E-state index in [4.69, 9.17) is 16.3 Å². The molecule has 2 nitrogen and oxygen atoms in total. The van der Waals surface area contributed by atoms with Gasteiger partial charge in [0.2, 0.25) is 0 Å². The molecule has 0 spiro atoms. The zero-order valence-electron chi connectivity index (χ0n) is 10.0. The number of methoxy groups -OCH3 is 1. The molecule has 0 radical (unpaired) electrons. The highest BCUT2D eigenvalue weighted by Crippen LogP contribution is 2.37. The average Bonchev–Trinajstić information content (AvgIpc) is 2.79. The summed E-state index contributed by atoms with van der Waals surface area (Å²) in [5, 5.41) is 5.60. The topological polar surface area (TPSA) is 21.3 Å². The zero-order chi connectivity index (χ0) is 13.1. The highest BCUT2D eigenvalue weighted by atomic mass is 35.5. The first-order chi connectivity index (χ1) is 8.69. The molecule has 1 unspecified atom stereocenters. The maximum atomic E-state index is 14.0. The van der Waals surface area contributed by atoms with Crippen molar-refractivity contribution in [3.63, 3.8) is 0 Å². The molecule has 1 atom stereocenters. The molecule has 0 saturated heterocycles. The van der Waals surface area contributed by atoms with Gasteiger partial charge in [0.05, 0.1) is 23.7 Å². The van der Waals surface area contributed by atoms with Crippen molar-refractivity contribution in [1.29, 1.82) is 0 Å². The number of nitrogens with one attached hydrogen (secondary N) is 1. The van der Waals surface area contributed by atoms with Crippen molar-refractivity contribution in [2.24, 2.45) is 0 Å². The van der Waals surface area contributed by atoms with Gasteiger partial charge in [-0.2, -0.15) is 0 Å². The average molecular weight is 286 g/mol. The van der Waals surface area contributed by atoms with E-state index < -0.39 is 0 Å². The smallest absolute Gasteiger partial charge is 0.132 e. The van der Waals surface area contributed by atoms with Crippen molar-refractivity contribution in [2.75, 3.05) is 14.2 Å². The summed E-state index contributed by atoms with van der Waals surface area (Å²) >= 11 is 7.61. The standard InChI is InChI=1S/C13H13ClFNOS/c1-16-12(13-8(14)6-7-18-13)11-9(15)4-3-5-10(11)17-2/h3-7,12,16H,1-2H3. The summed E-state index contributed by atoms with van der Waals surface area (Å²) in [5.41, 5.74) is 0.479. The SMILES string of the molecule is CNC(c1sccc1Cl)c1c(F)cccc1OC. The Morgan fingerprint density at radius 2 is 2.17 bits per heavy atom. The molecule has 2 rings (SSSR count). The lowest BCUT2D eigenvalue weighted by Crippen LogP contribution is -2.19. The molecule has 0 aliphatic rings. The molecule has 0 aliphatic heterocycles. The van der Waals surface area contributed by atoms with E-state index in [2.05, 4.69) is 5.32 Å². The number of rotatable bonds is 4. The van der Waals surface area contributed by atoms with E-state index in [9.17, 15) is 4.39 Å². The lowest BCUT2D eigenvalue weighted by molar-refractivity contribution is 0.399. The van der Waals surface area contributed by atoms with E-state index >= 15 is 0 Å². The Balaban J connectivity index is 2.55. The first-order valence-corrected chi connectivity index (χ1v) is 6.67. The Hall–Kier alpha value is -1.10. The highest BCUT2D eigenvalue weighted by Gasteiger charge is 2.23. The fourth-order valence-corrected chi connectivity index (χ4v) is 3.18. The van der Waals surface area contributed by atoms with Gasteiger partial charge in [-0.3, -0.25) is 0 Å². The first-order valence-electron chi connectivity index (χ1n) is 5.41. The van der Waals surface area contributed by atoms with Crippen LogP contribution in [0.2, 0.25) is 5.02 Å². The Morgan fingerprint density at radius 3 is 2.72 bits per heavy atom. The van der Waals surface area contributed by atoms with Crippen LogP contribution in [0.4, 0.5) is 4.39 Å². The first kappa shape index (κ1) is 13.3. The van der Waals surface area contributed by atoms with Crippen LogP contribution in [0.25, 0.3) is 0 Å². The van der Waals surface area contributed by atoms with Crippen molar-refractivity contribution < 1.29 is 9.13 Å². The minimum Gasteiger partial charge on any atom is -0.496 e. The second-order valence-corrected chi connectivity index (χ2v) is 5.07. The number of thiophene rings is 1. The number of benzene rings is 1. The van der Waals surface area contributed by atoms with Gasteiger partial charge >= 0.3 is 0 Å². The highest BCUT2D eigenvalue weighted by molar-refractivity contribution is 7.10. The largest absolute Gasteiger partial charge is 0.496 e. The molecular formula is C13H13ClFNOS. The van der Waals surface area contributed by atoms with E-state index in [0.717, 1.165) is 4.88 Å². The van der Waals surface area contributed by atoms with E-state index in [0.29, 0.717) is 16.3 Å². The molecule has 0 saturated carbocycles. The van der Waals surface area contributed by atoms with Gasteiger partial charge in [-0.05, 0) is 30.6 Å². The summed E-state index contributed by atoms with van der Waals surface area (Å²) in [6.07, 6.45) is 0. The summed E-state index contributed by atoms with van der Waals surface area (Å²) in [4.78, 5) is 0.877. The lowest BCUT2D eigenvalue weighted by Gasteiger charge is -2.19. The molecule has 2 aromatic rings. The summed E-state index contributed by atoms with van der Waals surface area (Å²) in [6, 6.07) is 6.28. The molecule has 0 aliphatic carbocycles. The molecular weight excluding hydrogens is 273 g/mol. The van der Waals surface area contributed by atoms with Crippen LogP contribution in [-0.4, -0.2) is 14.2 Å². The number of halogens is 2. The predicted octanol–water partition coefficient (Wildman–Crippen LogP) is 3.86. The normalized spacial score (nSPS) is 12.4. The number of hydrogen-bond donors (Lipinski definition) is 1. The van der Waals surface area contributed by atoms with Crippen LogP contribution in [0.1, 0.15) is 16.5 Å². The Bertz CT molecular complexity index is 544. The van der Waals surface area contributed by atoms with E-state index in [-0.39, 0.29) is 11.9 Å². The van der Waals surface area contributed by atoms with Gasteiger partial charge in [0.15, 0.2) is 0 Å². The predicted molar refractivity (Wildman–Crippen MR) is 73.2 cm³/mol. The van der Waals surface area contributed by atoms with E-state index in [1.807, 2.05) is 5.38 Å². The van der Waals surface area contributed by atoms with Crippen molar-refractivity contribution in [3.05, 3.63) is 50.9 Å². The Labute approximate surface area is 114 Å². The summed E-state index contributed by atoms with van der Waals surface area (Å²) < 4.78 is 19.3. The summed E-state index contributed by atoms with van der Waals surface area (Å²) in [7, 11) is 3.30. The van der Waals surface area contributed by atoms with Crippen molar-refractivity contribution in [3.8, 4) is 5.75 Å². The van der Waals surface area contributed by atoms with Gasteiger partial charge < -0.3 is 10.1 Å². The van der Waals surface area contributed by atoms with Gasteiger partial charge in [-0.25, -0.2) is 4.39 Å². The van der Waals surface area contributed by atoms with Gasteiger partial charge in [-0.1, -0.05) is 17.7 Å². The third-order valence-corrected chi connectivity index (χ3v) is 4.14.